The average Bonchev–Trinajstić information content (AvgIpc) is 3.92. The van der Waals surface area contributed by atoms with Gasteiger partial charge in [-0.15, -0.1) is 11.3 Å². The van der Waals surface area contributed by atoms with Crippen LogP contribution in [-0.4, -0.2) is 19.1 Å². The van der Waals surface area contributed by atoms with E-state index in [1.807, 2.05) is 17.4 Å². The minimum absolute atomic E-state index is 0.370. The fraction of sp³-hybridized carbons (Fsp3) is 0.0980. The third-order valence-corrected chi connectivity index (χ3v) is 13.3. The van der Waals surface area contributed by atoms with Crippen LogP contribution in [0.4, 0.5) is 0 Å². The van der Waals surface area contributed by atoms with Crippen molar-refractivity contribution in [3.05, 3.63) is 168 Å². The molecule has 2 aliphatic carbocycles. The molecule has 0 saturated carbocycles. The Morgan fingerprint density at radius 2 is 1.23 bits per heavy atom. The Labute approximate surface area is 328 Å². The highest BCUT2D eigenvalue weighted by atomic mass is 32.1. The van der Waals surface area contributed by atoms with Crippen LogP contribution >= 0.6 is 11.3 Å². The highest BCUT2D eigenvalue weighted by molar-refractivity contribution is 7.27. The minimum atomic E-state index is 0.370. The molecule has 5 heteroatoms. The number of aryl methyl sites for hydroxylation is 1. The molecule has 6 aromatic carbocycles. The summed E-state index contributed by atoms with van der Waals surface area (Å²) in [7, 11) is 0. The third kappa shape index (κ3) is 4.58. The van der Waals surface area contributed by atoms with Crippen LogP contribution < -0.4 is 0 Å². The molecule has 1 atom stereocenters. The zero-order valence-corrected chi connectivity index (χ0v) is 31.7. The molecule has 4 aromatic heterocycles. The molecule has 2 aliphatic rings. The Morgan fingerprint density at radius 1 is 0.571 bits per heavy atom. The SMILES string of the molecule is CC1CC=Cc2c1c1c3sc4c(ccc5c4c4c(n5-c5ccc(-c6ccccc6)cc5)C=CCC4)c3ccc1n2-c1nc(-c2ccccc2)nc2ccccc12. The number of rotatable bonds is 4. The molecule has 4 heterocycles. The number of fused-ring (bicyclic) bond motifs is 12. The first-order valence-electron chi connectivity index (χ1n) is 19.6. The second-order valence-electron chi connectivity index (χ2n) is 15.3. The van der Waals surface area contributed by atoms with Crippen LogP contribution in [0.15, 0.2) is 146 Å². The van der Waals surface area contributed by atoms with Gasteiger partial charge in [0.05, 0.1) is 22.2 Å². The van der Waals surface area contributed by atoms with Gasteiger partial charge in [-0.3, -0.25) is 4.57 Å². The van der Waals surface area contributed by atoms with Gasteiger partial charge in [0.2, 0.25) is 0 Å². The summed E-state index contributed by atoms with van der Waals surface area (Å²) < 4.78 is 7.67. The van der Waals surface area contributed by atoms with Crippen molar-refractivity contribution in [1.82, 2.24) is 19.1 Å². The molecule has 1 unspecified atom stereocenters. The number of allylic oxidation sites excluding steroid dienone is 2. The zero-order valence-electron chi connectivity index (χ0n) is 30.9. The highest BCUT2D eigenvalue weighted by Crippen LogP contribution is 2.50. The maximum atomic E-state index is 5.38. The van der Waals surface area contributed by atoms with E-state index in [9.17, 15) is 0 Å². The summed E-state index contributed by atoms with van der Waals surface area (Å²) in [6.45, 7) is 2.38. The Morgan fingerprint density at radius 3 is 2.02 bits per heavy atom. The summed E-state index contributed by atoms with van der Waals surface area (Å²) in [5, 5.41) is 6.48. The molecule has 56 heavy (non-hydrogen) atoms. The summed E-state index contributed by atoms with van der Waals surface area (Å²) >= 11 is 1.98. The van der Waals surface area contributed by atoms with Gasteiger partial charge in [0.1, 0.15) is 5.82 Å². The maximum Gasteiger partial charge on any atom is 0.162 e. The second-order valence-corrected chi connectivity index (χ2v) is 16.3. The second kappa shape index (κ2) is 12.2. The molecule has 0 radical (unpaired) electrons. The van der Waals surface area contributed by atoms with E-state index in [0.29, 0.717) is 5.92 Å². The molecular formula is C51H36N4S. The van der Waals surface area contributed by atoms with Crippen molar-refractivity contribution in [2.45, 2.75) is 32.1 Å². The van der Waals surface area contributed by atoms with Gasteiger partial charge in [-0.05, 0) is 96.0 Å². The lowest BCUT2D eigenvalue weighted by atomic mass is 9.90. The van der Waals surface area contributed by atoms with Crippen molar-refractivity contribution in [2.75, 3.05) is 0 Å². The van der Waals surface area contributed by atoms with Crippen molar-refractivity contribution >= 4 is 76.4 Å². The molecule has 10 aromatic rings. The molecule has 0 spiro atoms. The summed E-state index contributed by atoms with van der Waals surface area (Å²) in [4.78, 5) is 10.4. The smallest absolute Gasteiger partial charge is 0.162 e. The molecule has 266 valence electrons. The van der Waals surface area contributed by atoms with Crippen LogP contribution in [0.3, 0.4) is 0 Å². The molecule has 0 bridgehead atoms. The number of benzene rings is 6. The largest absolute Gasteiger partial charge is 0.310 e. The van der Waals surface area contributed by atoms with Gasteiger partial charge < -0.3 is 4.57 Å². The lowest BCUT2D eigenvalue weighted by Crippen LogP contribution is -2.06. The van der Waals surface area contributed by atoms with E-state index in [-0.39, 0.29) is 0 Å². The lowest BCUT2D eigenvalue weighted by Gasteiger charge is -2.17. The van der Waals surface area contributed by atoms with E-state index in [1.54, 1.807) is 0 Å². The van der Waals surface area contributed by atoms with Crippen molar-refractivity contribution in [2.24, 2.45) is 0 Å². The van der Waals surface area contributed by atoms with E-state index < -0.39 is 0 Å². The number of nitrogens with zero attached hydrogens (tertiary/aromatic N) is 4. The van der Waals surface area contributed by atoms with Crippen LogP contribution in [0.1, 0.15) is 48.2 Å². The molecule has 0 fully saturated rings. The summed E-state index contributed by atoms with van der Waals surface area (Å²) in [6, 6.07) is 48.0. The number of hydrogen-bond acceptors (Lipinski definition) is 3. The number of hydrogen-bond donors (Lipinski definition) is 0. The highest BCUT2D eigenvalue weighted by Gasteiger charge is 2.29. The third-order valence-electron chi connectivity index (χ3n) is 12.0. The first-order valence-corrected chi connectivity index (χ1v) is 20.4. The standard InChI is InChI=1S/C51H36N4S/c1-31-13-12-22-42-45(31)47-44(55(42)51-38-18-8-10-20-40(38)52-50(53-51)34-16-6-3-7-17-34)30-28-37-36-27-29-43-46(48(36)56-49(37)47)39-19-9-11-21-41(39)54(43)35-25-23-33(24-26-35)32-14-4-2-5-15-32/h2-8,10-12,14-18,20-31H,9,13,19H2,1H3. The molecular weight excluding hydrogens is 701 g/mol. The van der Waals surface area contributed by atoms with Crippen molar-refractivity contribution in [3.8, 4) is 34.0 Å². The van der Waals surface area contributed by atoms with Crippen molar-refractivity contribution < 1.29 is 0 Å². The Kier molecular flexibility index (Phi) is 6.93. The number of para-hydroxylation sites is 1. The summed E-state index contributed by atoms with van der Waals surface area (Å²) in [6.07, 6.45) is 12.5. The van der Waals surface area contributed by atoms with E-state index in [0.717, 1.165) is 47.4 Å². The molecule has 0 amide bonds. The lowest BCUT2D eigenvalue weighted by molar-refractivity contribution is 0.772. The van der Waals surface area contributed by atoms with Crippen molar-refractivity contribution in [1.29, 1.82) is 0 Å². The summed E-state index contributed by atoms with van der Waals surface area (Å²) in [5.74, 6) is 2.04. The molecule has 0 N–H and O–H groups in total. The number of aromatic nitrogens is 4. The van der Waals surface area contributed by atoms with Crippen LogP contribution in [-0.2, 0) is 6.42 Å². The fourth-order valence-corrected chi connectivity index (χ4v) is 10.9. The molecule has 12 rings (SSSR count). The van der Waals surface area contributed by atoms with E-state index in [1.165, 1.54) is 81.3 Å². The Balaban J connectivity index is 1.13. The van der Waals surface area contributed by atoms with Gasteiger partial charge in [-0.1, -0.05) is 116 Å². The van der Waals surface area contributed by atoms with Gasteiger partial charge in [0, 0.05) is 53.3 Å². The first kappa shape index (κ1) is 31.8. The molecule has 0 saturated heterocycles. The monoisotopic (exact) mass is 736 g/mol. The minimum Gasteiger partial charge on any atom is -0.310 e. The number of thiophene rings is 1. The zero-order chi connectivity index (χ0) is 36.9. The molecule has 0 aliphatic heterocycles. The van der Waals surface area contributed by atoms with Crippen LogP contribution in [0.2, 0.25) is 0 Å². The van der Waals surface area contributed by atoms with Gasteiger partial charge in [0.15, 0.2) is 5.82 Å². The van der Waals surface area contributed by atoms with E-state index >= 15 is 0 Å². The van der Waals surface area contributed by atoms with E-state index in [4.69, 9.17) is 9.97 Å². The maximum absolute atomic E-state index is 5.38. The first-order chi connectivity index (χ1) is 27.7. The van der Waals surface area contributed by atoms with Crippen LogP contribution in [0.25, 0.3) is 99.1 Å². The fourth-order valence-electron chi connectivity index (χ4n) is 9.48. The van der Waals surface area contributed by atoms with Gasteiger partial charge in [-0.25, -0.2) is 9.97 Å². The predicted molar refractivity (Wildman–Crippen MR) is 236 cm³/mol. The predicted octanol–water partition coefficient (Wildman–Crippen LogP) is 13.7. The van der Waals surface area contributed by atoms with Gasteiger partial charge in [0.25, 0.3) is 0 Å². The van der Waals surface area contributed by atoms with Gasteiger partial charge >= 0.3 is 0 Å². The molecule has 4 nitrogen and oxygen atoms in total. The Hall–Kier alpha value is -6.56. The van der Waals surface area contributed by atoms with E-state index in [2.05, 4.69) is 168 Å². The van der Waals surface area contributed by atoms with Crippen molar-refractivity contribution in [3.63, 3.8) is 0 Å². The van der Waals surface area contributed by atoms with Crippen LogP contribution in [0.5, 0.6) is 0 Å². The van der Waals surface area contributed by atoms with Gasteiger partial charge in [-0.2, -0.15) is 0 Å². The van der Waals surface area contributed by atoms with Crippen LogP contribution in [0, 0.1) is 0 Å². The quantitative estimate of drug-likeness (QED) is 0.180. The average molecular weight is 737 g/mol. The Bertz CT molecular complexity index is 3270. The summed E-state index contributed by atoms with van der Waals surface area (Å²) in [5.41, 5.74) is 13.5. The topological polar surface area (TPSA) is 35.6 Å². The normalized spacial score (nSPS) is 15.1.